The summed E-state index contributed by atoms with van der Waals surface area (Å²) in [4.78, 5) is 35.8. The Morgan fingerprint density at radius 3 is 2.23 bits per heavy atom. The Morgan fingerprint density at radius 1 is 0.819 bits per heavy atom. The van der Waals surface area contributed by atoms with Gasteiger partial charge in [0, 0.05) is 74.9 Å². The standard InChI is InChI=1S/C69H85N5O8S/c1-12-64(76)70-36-35-53(46-75)74(83(78,79)55-29-25-52(26-30-55)51-23-27-54(80-11)28-24-51)82-41-40-81-39-37-71-65(77)22-18-15-19-38-73-61-34-32-57-50(6)43-48(4)45-59(57)67(61)69(9,10)63(73)21-17-14-16-20-62-68(7,8)66-58-44-47(3)42-49(5)56(58)31-33-60(66)72(62)13-2/h14,16-17,20-21,23-34,42-45,53,75H,5,12-13,15,18-19,22,35-41,46H2,1-4,6-11H3,(H,70,76)(H,71,77)/b16-14?,62-20?,63-21+. The number of anilines is 1. The van der Waals surface area contributed by atoms with Gasteiger partial charge in [0.2, 0.25) is 11.8 Å². The van der Waals surface area contributed by atoms with Crippen LogP contribution in [0.1, 0.15) is 108 Å². The average molecular weight is 1140 g/mol. The Hall–Kier alpha value is -7.07. The zero-order valence-electron chi connectivity index (χ0n) is 50.4. The number of methoxy groups -OCH3 is 1. The molecule has 5 aromatic carbocycles. The number of hydrogen-bond acceptors (Lipinski definition) is 10. The monoisotopic (exact) mass is 1140 g/mol. The molecule has 5 aromatic rings. The van der Waals surface area contributed by atoms with Crippen LogP contribution in [0.2, 0.25) is 0 Å². The largest absolute Gasteiger partial charge is 0.497 e. The van der Waals surface area contributed by atoms with E-state index in [2.05, 4.69) is 162 Å². The lowest BCUT2D eigenvalue weighted by atomic mass is 9.76. The van der Waals surface area contributed by atoms with E-state index in [1.165, 1.54) is 84.3 Å². The predicted octanol–water partition coefficient (Wildman–Crippen LogP) is 10.8. The highest BCUT2D eigenvalue weighted by molar-refractivity contribution is 7.89. The lowest BCUT2D eigenvalue weighted by Crippen LogP contribution is -2.44. The van der Waals surface area contributed by atoms with Crippen LogP contribution >= 0.6 is 0 Å². The molecule has 13 nitrogen and oxygen atoms in total. The Balaban J connectivity index is 0.845. The second-order valence-electron chi connectivity index (χ2n) is 22.9. The van der Waals surface area contributed by atoms with E-state index < -0.39 is 22.7 Å². The van der Waals surface area contributed by atoms with Crippen LogP contribution in [0.4, 0.5) is 5.69 Å². The molecule has 1 aliphatic carbocycles. The summed E-state index contributed by atoms with van der Waals surface area (Å²) in [6.07, 6.45) is 18.8. The molecule has 14 heteroatoms. The highest BCUT2D eigenvalue weighted by Crippen LogP contribution is 2.53. The number of aliphatic hydroxyl groups excluding tert-OH is 1. The van der Waals surface area contributed by atoms with Gasteiger partial charge in [0.1, 0.15) is 11.4 Å². The van der Waals surface area contributed by atoms with Crippen LogP contribution in [0.3, 0.4) is 0 Å². The zero-order chi connectivity index (χ0) is 59.6. The lowest BCUT2D eigenvalue weighted by Gasteiger charge is -2.32. The molecule has 8 rings (SSSR count). The van der Waals surface area contributed by atoms with E-state index in [0.717, 1.165) is 53.2 Å². The summed E-state index contributed by atoms with van der Waals surface area (Å²) in [5.74, 6) is 0.455. The van der Waals surface area contributed by atoms with Gasteiger partial charge in [-0.1, -0.05) is 108 Å². The number of unbranched alkanes of at least 4 members (excludes halogenated alkanes) is 2. The topological polar surface area (TPSA) is 150 Å². The fourth-order valence-corrected chi connectivity index (χ4v) is 13.6. The highest BCUT2D eigenvalue weighted by Gasteiger charge is 2.45. The number of carbonyl (C=O) groups is 2. The van der Waals surface area contributed by atoms with Gasteiger partial charge in [-0.25, -0.2) is 8.42 Å². The first-order valence-corrected chi connectivity index (χ1v) is 30.8. The Bertz CT molecular complexity index is 3530. The van der Waals surface area contributed by atoms with E-state index in [1.807, 2.05) is 24.3 Å². The van der Waals surface area contributed by atoms with Crippen LogP contribution in [-0.2, 0) is 34.6 Å². The molecule has 3 aliphatic rings. The molecule has 0 saturated heterocycles. The molecule has 0 aromatic heterocycles. The summed E-state index contributed by atoms with van der Waals surface area (Å²) in [7, 11) is -2.68. The van der Waals surface area contributed by atoms with E-state index in [9.17, 15) is 23.1 Å². The van der Waals surface area contributed by atoms with E-state index >= 15 is 0 Å². The number of nitrogens with one attached hydrogen (secondary N) is 2. The van der Waals surface area contributed by atoms with E-state index in [1.54, 1.807) is 26.2 Å². The number of fused-ring (bicyclic) bond motifs is 5. The van der Waals surface area contributed by atoms with Crippen LogP contribution in [0.25, 0.3) is 40.1 Å². The number of aryl methyl sites for hydroxylation is 3. The number of hydroxylamine groups is 1. The molecule has 2 aliphatic heterocycles. The second-order valence-corrected chi connectivity index (χ2v) is 24.7. The summed E-state index contributed by atoms with van der Waals surface area (Å²) in [5, 5.41) is 20.9. The summed E-state index contributed by atoms with van der Waals surface area (Å²) < 4.78 is 40.0. The maximum absolute atomic E-state index is 14.1. The molecular formula is C69H85N5O8S. The van der Waals surface area contributed by atoms with Crippen molar-refractivity contribution >= 4 is 56.5 Å². The molecule has 83 heavy (non-hydrogen) atoms. The van der Waals surface area contributed by atoms with Gasteiger partial charge in [-0.3, -0.25) is 19.3 Å². The molecule has 0 saturated carbocycles. The number of amides is 2. The van der Waals surface area contributed by atoms with Crippen LogP contribution < -0.4 is 30.7 Å². The number of allylic oxidation sites excluding steroid dienone is 7. The molecule has 0 radical (unpaired) electrons. The molecule has 1 atom stereocenters. The summed E-state index contributed by atoms with van der Waals surface area (Å²) in [6, 6.07) is 26.5. The first kappa shape index (κ1) is 62.0. The SMILES string of the molecule is C=c1cc(C)cc2c1=C[CH-]C1=C2C(C)(C)C(=CC=C[CH+]/C=C2/N(CCCCCC(=O)NCCOCCON(C(CO)CCNC(=O)CC)S(=O)(=O)c3ccc(-c4ccc(OC)cc4)cc3)c3ccc4c(C)cc(C)cc4c3C2(C)C)N1CC. The molecule has 3 N–H and O–H groups in total. The van der Waals surface area contributed by atoms with Gasteiger partial charge in [-0.2, -0.15) is 6.08 Å². The smallest absolute Gasteiger partial charge is 0.265 e. The quantitative estimate of drug-likeness (QED) is 0.0263. The fraction of sp³-hybridized carbons (Fsp3) is 0.391. The maximum Gasteiger partial charge on any atom is 0.265 e. The van der Waals surface area contributed by atoms with E-state index in [0.29, 0.717) is 12.2 Å². The number of sulfonamides is 1. The third-order valence-electron chi connectivity index (χ3n) is 16.3. The van der Waals surface area contributed by atoms with Crippen LogP contribution in [0.15, 0.2) is 131 Å². The first-order valence-electron chi connectivity index (χ1n) is 29.3. The van der Waals surface area contributed by atoms with Crippen molar-refractivity contribution in [2.45, 2.75) is 117 Å². The minimum Gasteiger partial charge on any atom is -0.497 e. The molecule has 0 spiro atoms. The van der Waals surface area contributed by atoms with Crippen molar-refractivity contribution in [3.05, 3.63) is 177 Å². The minimum absolute atomic E-state index is 0.0241. The Labute approximate surface area is 493 Å². The first-order chi connectivity index (χ1) is 39.8. The predicted molar refractivity (Wildman–Crippen MR) is 336 cm³/mol. The normalized spacial score (nSPS) is 16.5. The number of nitrogens with zero attached hydrogens (tertiary/aromatic N) is 3. The number of rotatable bonds is 27. The lowest BCUT2D eigenvalue weighted by molar-refractivity contribution is -0.136. The van der Waals surface area contributed by atoms with Crippen LogP contribution in [0, 0.1) is 39.0 Å². The van der Waals surface area contributed by atoms with Gasteiger partial charge in [0.05, 0.1) is 61.7 Å². The van der Waals surface area contributed by atoms with Crippen LogP contribution in [0.5, 0.6) is 5.75 Å². The van der Waals surface area contributed by atoms with E-state index in [4.69, 9.17) is 14.3 Å². The van der Waals surface area contributed by atoms with Gasteiger partial charge >= 0.3 is 0 Å². The molecule has 0 bridgehead atoms. The number of aliphatic hydroxyl groups is 1. The van der Waals surface area contributed by atoms with E-state index in [-0.39, 0.29) is 73.3 Å². The second kappa shape index (κ2) is 27.1. The number of benzene rings is 5. The van der Waals surface area contributed by atoms with Crippen molar-refractivity contribution < 1.29 is 37.4 Å². The Kier molecular flexibility index (Phi) is 20.2. The minimum atomic E-state index is -4.27. The van der Waals surface area contributed by atoms with Gasteiger partial charge in [0.15, 0.2) is 0 Å². The molecule has 0 fully saturated rings. The summed E-state index contributed by atoms with van der Waals surface area (Å²) >= 11 is 0. The third kappa shape index (κ3) is 13.6. The molecular weight excluding hydrogens is 1060 g/mol. The number of carbonyl (C=O) groups excluding carboxylic acids is 2. The van der Waals surface area contributed by atoms with Gasteiger partial charge in [-0.15, -0.1) is 29.4 Å². The summed E-state index contributed by atoms with van der Waals surface area (Å²) in [6.45, 7) is 25.8. The molecule has 1 unspecified atom stereocenters. The summed E-state index contributed by atoms with van der Waals surface area (Å²) in [5.41, 5.74) is 13.9. The third-order valence-corrected chi connectivity index (χ3v) is 18.0. The maximum atomic E-state index is 14.1. The number of ether oxygens (including phenoxy) is 2. The average Bonchev–Trinajstić information content (AvgIpc) is 3.27. The highest BCUT2D eigenvalue weighted by atomic mass is 32.2. The van der Waals surface area contributed by atoms with Crippen molar-refractivity contribution in [1.82, 2.24) is 20.0 Å². The van der Waals surface area contributed by atoms with Crippen LogP contribution in [-0.4, -0.2) is 100 Å². The molecule has 440 valence electrons. The fourth-order valence-electron chi connectivity index (χ4n) is 12.2. The number of hydrogen-bond donors (Lipinski definition) is 3. The Morgan fingerprint density at radius 2 is 1.53 bits per heavy atom. The molecule has 2 amide bonds. The van der Waals surface area contributed by atoms with Crippen molar-refractivity contribution in [3.63, 3.8) is 0 Å². The van der Waals surface area contributed by atoms with Gasteiger partial charge < -0.3 is 30.1 Å². The molecule has 2 heterocycles. The van der Waals surface area contributed by atoms with Gasteiger partial charge in [0.25, 0.3) is 10.0 Å². The van der Waals surface area contributed by atoms with Crippen molar-refractivity contribution in [2.24, 2.45) is 5.41 Å². The zero-order valence-corrected chi connectivity index (χ0v) is 51.2. The van der Waals surface area contributed by atoms with Crippen molar-refractivity contribution in [2.75, 3.05) is 64.6 Å². The van der Waals surface area contributed by atoms with Crippen molar-refractivity contribution in [3.8, 4) is 16.9 Å². The van der Waals surface area contributed by atoms with Gasteiger partial charge in [-0.05, 0) is 124 Å². The van der Waals surface area contributed by atoms with Crippen molar-refractivity contribution in [1.29, 1.82) is 0 Å².